The van der Waals surface area contributed by atoms with Crippen molar-refractivity contribution in [1.29, 1.82) is 0 Å². The Kier molecular flexibility index (Phi) is 2.95. The van der Waals surface area contributed by atoms with Crippen LogP contribution in [0.15, 0.2) is 18.2 Å². The molecular formula is C11H13Cl2NO. The Hall–Kier alpha value is -0.280. The Bertz CT molecular complexity index is 383. The average molecular weight is 246 g/mol. The van der Waals surface area contributed by atoms with Crippen LogP contribution in [0.3, 0.4) is 0 Å². The number of hydrogen-bond donors (Lipinski definition) is 2. The monoisotopic (exact) mass is 245 g/mol. The van der Waals surface area contributed by atoms with Crippen molar-refractivity contribution in [3.05, 3.63) is 33.8 Å². The van der Waals surface area contributed by atoms with E-state index in [1.54, 1.807) is 6.07 Å². The van der Waals surface area contributed by atoms with Crippen LogP contribution in [0, 0.1) is 5.92 Å². The zero-order chi connectivity index (χ0) is 11.1. The molecule has 1 aliphatic rings. The zero-order valence-electron chi connectivity index (χ0n) is 8.21. The molecular weight excluding hydrogens is 233 g/mol. The number of hydrogen-bond acceptors (Lipinski definition) is 2. The van der Waals surface area contributed by atoms with E-state index in [0.717, 1.165) is 12.0 Å². The molecule has 0 radical (unpaired) electrons. The van der Waals surface area contributed by atoms with Crippen LogP contribution in [0.4, 0.5) is 0 Å². The first kappa shape index (κ1) is 11.2. The molecule has 2 unspecified atom stereocenters. The Morgan fingerprint density at radius 2 is 2.13 bits per heavy atom. The lowest BCUT2D eigenvalue weighted by Crippen LogP contribution is -2.23. The van der Waals surface area contributed by atoms with Gasteiger partial charge in [0.05, 0.1) is 10.0 Å². The van der Waals surface area contributed by atoms with Gasteiger partial charge in [-0.15, -0.1) is 0 Å². The van der Waals surface area contributed by atoms with E-state index in [9.17, 15) is 0 Å². The molecule has 0 saturated heterocycles. The fourth-order valence-corrected chi connectivity index (χ4v) is 2.45. The summed E-state index contributed by atoms with van der Waals surface area (Å²) < 4.78 is 0. The Balaban J connectivity index is 2.33. The molecule has 0 aromatic heterocycles. The van der Waals surface area contributed by atoms with Crippen molar-refractivity contribution < 1.29 is 5.11 Å². The van der Waals surface area contributed by atoms with Gasteiger partial charge in [-0.1, -0.05) is 29.3 Å². The summed E-state index contributed by atoms with van der Waals surface area (Å²) in [6.07, 6.45) is 0.929. The molecule has 0 amide bonds. The van der Waals surface area contributed by atoms with Crippen molar-refractivity contribution in [2.45, 2.75) is 11.8 Å². The van der Waals surface area contributed by atoms with E-state index in [2.05, 4.69) is 0 Å². The highest BCUT2D eigenvalue weighted by Gasteiger charge is 2.53. The topological polar surface area (TPSA) is 46.2 Å². The Morgan fingerprint density at radius 1 is 1.40 bits per heavy atom. The predicted molar refractivity (Wildman–Crippen MR) is 62.4 cm³/mol. The van der Waals surface area contributed by atoms with E-state index < -0.39 is 0 Å². The van der Waals surface area contributed by atoms with Gasteiger partial charge in [0, 0.05) is 18.6 Å². The maximum absolute atomic E-state index is 9.14. The highest BCUT2D eigenvalue weighted by molar-refractivity contribution is 6.42. The van der Waals surface area contributed by atoms with E-state index in [0.29, 0.717) is 16.6 Å². The van der Waals surface area contributed by atoms with Crippen LogP contribution >= 0.6 is 23.2 Å². The molecule has 1 aromatic carbocycles. The summed E-state index contributed by atoms with van der Waals surface area (Å²) in [6, 6.07) is 5.58. The molecule has 1 aliphatic carbocycles. The lowest BCUT2D eigenvalue weighted by Gasteiger charge is -2.15. The summed E-state index contributed by atoms with van der Waals surface area (Å²) in [5.74, 6) is 0.264. The lowest BCUT2D eigenvalue weighted by atomic mass is 9.93. The van der Waals surface area contributed by atoms with Gasteiger partial charge in [0.1, 0.15) is 0 Å². The molecule has 2 atom stereocenters. The third kappa shape index (κ3) is 1.76. The SMILES string of the molecule is NCC1(c2ccc(Cl)c(Cl)c2)CC1CO. The smallest absolute Gasteiger partial charge is 0.0595 e. The molecule has 2 nitrogen and oxygen atoms in total. The normalized spacial score (nSPS) is 29.2. The molecule has 1 fully saturated rings. The minimum atomic E-state index is -0.0804. The van der Waals surface area contributed by atoms with Crippen molar-refractivity contribution in [3.8, 4) is 0 Å². The summed E-state index contributed by atoms with van der Waals surface area (Å²) in [5.41, 5.74) is 6.77. The summed E-state index contributed by atoms with van der Waals surface area (Å²) >= 11 is 11.8. The molecule has 0 aliphatic heterocycles. The van der Waals surface area contributed by atoms with E-state index in [4.69, 9.17) is 34.0 Å². The highest BCUT2D eigenvalue weighted by atomic mass is 35.5. The summed E-state index contributed by atoms with van der Waals surface area (Å²) in [4.78, 5) is 0. The molecule has 2 rings (SSSR count). The summed E-state index contributed by atoms with van der Waals surface area (Å²) in [6.45, 7) is 0.716. The number of nitrogens with two attached hydrogens (primary N) is 1. The second-order valence-electron chi connectivity index (χ2n) is 4.07. The van der Waals surface area contributed by atoms with Crippen molar-refractivity contribution in [2.75, 3.05) is 13.2 Å². The quantitative estimate of drug-likeness (QED) is 0.858. The molecule has 1 aromatic rings. The molecule has 0 bridgehead atoms. The lowest BCUT2D eigenvalue weighted by molar-refractivity contribution is 0.264. The third-order valence-electron chi connectivity index (χ3n) is 3.31. The maximum atomic E-state index is 9.14. The van der Waals surface area contributed by atoms with Crippen LogP contribution in [0.2, 0.25) is 10.0 Å². The van der Waals surface area contributed by atoms with E-state index in [1.807, 2.05) is 12.1 Å². The van der Waals surface area contributed by atoms with Gasteiger partial charge in [-0.3, -0.25) is 0 Å². The number of rotatable bonds is 3. The maximum Gasteiger partial charge on any atom is 0.0595 e. The molecule has 15 heavy (non-hydrogen) atoms. The van der Waals surface area contributed by atoms with Gasteiger partial charge >= 0.3 is 0 Å². The Labute approximate surface area is 99.0 Å². The van der Waals surface area contributed by atoms with Crippen LogP contribution in [-0.4, -0.2) is 18.3 Å². The number of benzene rings is 1. The molecule has 1 saturated carbocycles. The van der Waals surface area contributed by atoms with Crippen LogP contribution in [0.25, 0.3) is 0 Å². The first-order valence-corrected chi connectivity index (χ1v) is 5.66. The summed E-state index contributed by atoms with van der Waals surface area (Å²) in [7, 11) is 0. The minimum Gasteiger partial charge on any atom is -0.396 e. The van der Waals surface area contributed by atoms with Gasteiger partial charge in [0.15, 0.2) is 0 Å². The molecule has 0 spiro atoms. The molecule has 3 N–H and O–H groups in total. The fourth-order valence-electron chi connectivity index (χ4n) is 2.15. The standard InChI is InChI=1S/C11H13Cl2NO/c12-9-2-1-7(3-10(9)13)11(6-14)4-8(11)5-15/h1-3,8,15H,4-6,14H2. The first-order chi connectivity index (χ1) is 7.14. The molecule has 82 valence electrons. The average Bonchev–Trinajstić information content (AvgIpc) is 2.97. The second kappa shape index (κ2) is 3.95. The highest BCUT2D eigenvalue weighted by Crippen LogP contribution is 2.53. The van der Waals surface area contributed by atoms with Gasteiger partial charge in [0.25, 0.3) is 0 Å². The summed E-state index contributed by atoms with van der Waals surface area (Å²) in [5, 5.41) is 10.2. The van der Waals surface area contributed by atoms with Crippen molar-refractivity contribution in [3.63, 3.8) is 0 Å². The van der Waals surface area contributed by atoms with Crippen molar-refractivity contribution in [2.24, 2.45) is 11.7 Å². The second-order valence-corrected chi connectivity index (χ2v) is 4.89. The number of halogens is 2. The Morgan fingerprint density at radius 3 is 2.60 bits per heavy atom. The van der Waals surface area contributed by atoms with Crippen LogP contribution in [-0.2, 0) is 5.41 Å². The number of aliphatic hydroxyl groups is 1. The van der Waals surface area contributed by atoms with E-state index >= 15 is 0 Å². The van der Waals surface area contributed by atoms with Crippen LogP contribution in [0.1, 0.15) is 12.0 Å². The molecule has 0 heterocycles. The van der Waals surface area contributed by atoms with Gasteiger partial charge in [-0.05, 0) is 30.0 Å². The first-order valence-electron chi connectivity index (χ1n) is 4.90. The minimum absolute atomic E-state index is 0.0804. The number of aliphatic hydroxyl groups excluding tert-OH is 1. The van der Waals surface area contributed by atoms with Crippen molar-refractivity contribution in [1.82, 2.24) is 0 Å². The predicted octanol–water partition coefficient (Wildman–Crippen LogP) is 2.20. The van der Waals surface area contributed by atoms with Gasteiger partial charge in [-0.25, -0.2) is 0 Å². The van der Waals surface area contributed by atoms with Crippen LogP contribution < -0.4 is 5.73 Å². The third-order valence-corrected chi connectivity index (χ3v) is 4.05. The van der Waals surface area contributed by atoms with E-state index in [1.165, 1.54) is 0 Å². The molecule has 4 heteroatoms. The zero-order valence-corrected chi connectivity index (χ0v) is 9.72. The van der Waals surface area contributed by atoms with Crippen LogP contribution in [0.5, 0.6) is 0 Å². The fraction of sp³-hybridized carbons (Fsp3) is 0.455. The van der Waals surface area contributed by atoms with E-state index in [-0.39, 0.29) is 17.9 Å². The van der Waals surface area contributed by atoms with Gasteiger partial charge in [-0.2, -0.15) is 0 Å². The van der Waals surface area contributed by atoms with Gasteiger partial charge < -0.3 is 10.8 Å². The van der Waals surface area contributed by atoms with Crippen molar-refractivity contribution >= 4 is 23.2 Å². The van der Waals surface area contributed by atoms with Gasteiger partial charge in [0.2, 0.25) is 0 Å². The largest absolute Gasteiger partial charge is 0.396 e.